The largest absolute Gasteiger partial charge is 0.455 e. The number of carbonyl (C=O) groups excluding carboxylic acids is 2. The molecule has 0 saturated heterocycles. The van der Waals surface area contributed by atoms with Crippen molar-refractivity contribution in [2.75, 3.05) is 26.0 Å². The number of anilines is 1. The van der Waals surface area contributed by atoms with Gasteiger partial charge in [0.25, 0.3) is 5.91 Å². The van der Waals surface area contributed by atoms with Crippen LogP contribution in [0.4, 0.5) is 5.69 Å². The van der Waals surface area contributed by atoms with Crippen molar-refractivity contribution < 1.29 is 22.7 Å². The van der Waals surface area contributed by atoms with Crippen molar-refractivity contribution in [1.82, 2.24) is 4.31 Å². The van der Waals surface area contributed by atoms with Crippen LogP contribution in [0.5, 0.6) is 0 Å². The summed E-state index contributed by atoms with van der Waals surface area (Å²) in [6, 6.07) is 5.79. The van der Waals surface area contributed by atoms with E-state index in [1.165, 1.54) is 38.4 Å². The number of nitrogens with one attached hydrogen (secondary N) is 1. The lowest BCUT2D eigenvalue weighted by atomic mass is 9.95. The first-order valence-electron chi connectivity index (χ1n) is 7.95. The number of allylic oxidation sites excluding steroid dienone is 2. The number of amides is 1. The lowest BCUT2D eigenvalue weighted by Crippen LogP contribution is -2.25. The number of hydrogen-bond acceptors (Lipinski definition) is 5. The lowest BCUT2D eigenvalue weighted by molar-refractivity contribution is -0.151. The van der Waals surface area contributed by atoms with Crippen LogP contribution < -0.4 is 5.32 Å². The second kappa shape index (κ2) is 8.26. The van der Waals surface area contributed by atoms with Crippen molar-refractivity contribution in [2.24, 2.45) is 5.92 Å². The fourth-order valence-corrected chi connectivity index (χ4v) is 3.28. The Morgan fingerprint density at radius 1 is 1.20 bits per heavy atom. The van der Waals surface area contributed by atoms with E-state index >= 15 is 0 Å². The Hall–Kier alpha value is -2.19. The van der Waals surface area contributed by atoms with Crippen LogP contribution in [0.25, 0.3) is 0 Å². The van der Waals surface area contributed by atoms with Gasteiger partial charge in [0.15, 0.2) is 6.61 Å². The van der Waals surface area contributed by atoms with Gasteiger partial charge in [0, 0.05) is 19.8 Å². The predicted octanol–water partition coefficient (Wildman–Crippen LogP) is 1.77. The van der Waals surface area contributed by atoms with E-state index in [9.17, 15) is 18.0 Å². The molecule has 0 aromatic heterocycles. The van der Waals surface area contributed by atoms with Gasteiger partial charge >= 0.3 is 5.97 Å². The molecular weight excluding hydrogens is 344 g/mol. The van der Waals surface area contributed by atoms with Gasteiger partial charge in [-0.1, -0.05) is 12.2 Å². The maximum Gasteiger partial charge on any atom is 0.309 e. The van der Waals surface area contributed by atoms with E-state index in [0.29, 0.717) is 12.1 Å². The third-order valence-corrected chi connectivity index (χ3v) is 5.69. The van der Waals surface area contributed by atoms with Gasteiger partial charge in [-0.15, -0.1) is 0 Å². The molecule has 1 atom stereocenters. The second-order valence-corrected chi connectivity index (χ2v) is 8.10. The molecule has 0 unspecified atom stereocenters. The van der Waals surface area contributed by atoms with Gasteiger partial charge in [-0.05, 0) is 43.5 Å². The van der Waals surface area contributed by atoms with E-state index < -0.39 is 15.9 Å². The third-order valence-electron chi connectivity index (χ3n) is 3.86. The molecule has 2 rings (SSSR count). The van der Waals surface area contributed by atoms with Crippen LogP contribution in [0, 0.1) is 5.92 Å². The summed E-state index contributed by atoms with van der Waals surface area (Å²) in [5, 5.41) is 2.57. The SMILES string of the molecule is CN(C)S(=O)(=O)c1ccc(NC(=O)COC(=O)[C@H]2CC=CCC2)cc1. The molecule has 0 bridgehead atoms. The van der Waals surface area contributed by atoms with Crippen molar-refractivity contribution in [2.45, 2.75) is 24.2 Å². The van der Waals surface area contributed by atoms with E-state index in [-0.39, 0.29) is 23.4 Å². The normalized spacial score (nSPS) is 17.3. The molecule has 1 aromatic carbocycles. The van der Waals surface area contributed by atoms with Crippen molar-refractivity contribution in [1.29, 1.82) is 0 Å². The highest BCUT2D eigenvalue weighted by Crippen LogP contribution is 2.19. The fraction of sp³-hybridized carbons (Fsp3) is 0.412. The zero-order valence-electron chi connectivity index (χ0n) is 14.3. The molecule has 0 radical (unpaired) electrons. The molecule has 136 valence electrons. The highest BCUT2D eigenvalue weighted by Gasteiger charge is 2.21. The van der Waals surface area contributed by atoms with Crippen LogP contribution in [0.1, 0.15) is 19.3 Å². The molecular formula is C17H22N2O5S. The summed E-state index contributed by atoms with van der Waals surface area (Å²) >= 11 is 0. The maximum absolute atomic E-state index is 12.0. The Balaban J connectivity index is 1.86. The number of ether oxygens (including phenoxy) is 1. The minimum atomic E-state index is -3.51. The van der Waals surface area contributed by atoms with Gasteiger partial charge in [0.05, 0.1) is 10.8 Å². The first kappa shape index (κ1) is 19.1. The monoisotopic (exact) mass is 366 g/mol. The summed E-state index contributed by atoms with van der Waals surface area (Å²) in [6.07, 6.45) is 6.19. The number of esters is 1. The number of rotatable bonds is 6. The highest BCUT2D eigenvalue weighted by atomic mass is 32.2. The van der Waals surface area contributed by atoms with Crippen molar-refractivity contribution in [3.63, 3.8) is 0 Å². The predicted molar refractivity (Wildman–Crippen MR) is 93.4 cm³/mol. The number of sulfonamides is 1. The molecule has 0 spiro atoms. The Kier molecular flexibility index (Phi) is 6.33. The quantitative estimate of drug-likeness (QED) is 0.612. The van der Waals surface area contributed by atoms with Gasteiger partial charge < -0.3 is 10.1 Å². The molecule has 0 saturated carbocycles. The summed E-state index contributed by atoms with van der Waals surface area (Å²) in [5.74, 6) is -1.02. The van der Waals surface area contributed by atoms with Crippen LogP contribution in [0.3, 0.4) is 0 Å². The van der Waals surface area contributed by atoms with Crippen LogP contribution in [0.15, 0.2) is 41.3 Å². The fourth-order valence-electron chi connectivity index (χ4n) is 2.38. The summed E-state index contributed by atoms with van der Waals surface area (Å²) in [5.41, 5.74) is 0.430. The van der Waals surface area contributed by atoms with Gasteiger partial charge in [-0.25, -0.2) is 12.7 Å². The van der Waals surface area contributed by atoms with Gasteiger partial charge in [0.1, 0.15) is 0 Å². The van der Waals surface area contributed by atoms with E-state index in [1.807, 2.05) is 12.2 Å². The Morgan fingerprint density at radius 3 is 2.44 bits per heavy atom. The van der Waals surface area contributed by atoms with Gasteiger partial charge in [0.2, 0.25) is 10.0 Å². The minimum Gasteiger partial charge on any atom is -0.455 e. The standard InChI is InChI=1S/C17H22N2O5S/c1-19(2)25(22,23)15-10-8-14(9-11-15)18-16(20)12-24-17(21)13-6-4-3-5-7-13/h3-4,8-11,13H,5-7,12H2,1-2H3,(H,18,20)/t13-/m0/s1. The van der Waals surface area contributed by atoms with Crippen LogP contribution in [-0.4, -0.2) is 45.3 Å². The Bertz CT molecular complexity index is 754. The molecule has 1 N–H and O–H groups in total. The zero-order valence-corrected chi connectivity index (χ0v) is 15.1. The molecule has 1 aliphatic carbocycles. The third kappa shape index (κ3) is 5.14. The Morgan fingerprint density at radius 2 is 1.88 bits per heavy atom. The average Bonchev–Trinajstić information content (AvgIpc) is 2.60. The van der Waals surface area contributed by atoms with E-state index in [0.717, 1.165) is 17.1 Å². The van der Waals surface area contributed by atoms with Crippen LogP contribution in [0.2, 0.25) is 0 Å². The molecule has 8 heteroatoms. The molecule has 25 heavy (non-hydrogen) atoms. The number of carbonyl (C=O) groups is 2. The summed E-state index contributed by atoms with van der Waals surface area (Å²) in [6.45, 7) is -0.364. The molecule has 1 aliphatic rings. The highest BCUT2D eigenvalue weighted by molar-refractivity contribution is 7.89. The summed E-state index contributed by atoms with van der Waals surface area (Å²) in [4.78, 5) is 23.9. The van der Waals surface area contributed by atoms with Crippen LogP contribution in [-0.2, 0) is 24.3 Å². The number of benzene rings is 1. The van der Waals surface area contributed by atoms with Crippen molar-refractivity contribution in [3.8, 4) is 0 Å². The smallest absolute Gasteiger partial charge is 0.309 e. The van der Waals surface area contributed by atoms with Crippen LogP contribution >= 0.6 is 0 Å². The topological polar surface area (TPSA) is 92.8 Å². The van der Waals surface area contributed by atoms with E-state index in [1.54, 1.807) is 0 Å². The average molecular weight is 366 g/mol. The number of hydrogen-bond donors (Lipinski definition) is 1. The molecule has 0 fully saturated rings. The van der Waals surface area contributed by atoms with Gasteiger partial charge in [-0.2, -0.15) is 0 Å². The zero-order chi connectivity index (χ0) is 18.4. The lowest BCUT2D eigenvalue weighted by Gasteiger charge is -2.16. The maximum atomic E-state index is 12.0. The Labute approximate surface area is 147 Å². The van der Waals surface area contributed by atoms with Crippen molar-refractivity contribution in [3.05, 3.63) is 36.4 Å². The molecule has 1 amide bonds. The minimum absolute atomic E-state index is 0.132. The first-order chi connectivity index (χ1) is 11.8. The molecule has 7 nitrogen and oxygen atoms in total. The summed E-state index contributed by atoms with van der Waals surface area (Å²) in [7, 11) is -0.618. The molecule has 0 heterocycles. The van der Waals surface area contributed by atoms with Gasteiger partial charge in [-0.3, -0.25) is 9.59 Å². The summed E-state index contributed by atoms with van der Waals surface area (Å²) < 4.78 is 30.1. The van der Waals surface area contributed by atoms with E-state index in [2.05, 4.69) is 5.32 Å². The first-order valence-corrected chi connectivity index (χ1v) is 9.39. The molecule has 1 aromatic rings. The molecule has 0 aliphatic heterocycles. The second-order valence-electron chi connectivity index (χ2n) is 5.95. The van der Waals surface area contributed by atoms with Crippen molar-refractivity contribution >= 4 is 27.6 Å². The van der Waals surface area contributed by atoms with E-state index in [4.69, 9.17) is 4.74 Å². The number of nitrogens with zero attached hydrogens (tertiary/aromatic N) is 1.